The molecule has 2 heterocycles. The normalized spacial score (nSPS) is 24.5. The molecule has 1 atom stereocenters. The molecular weight excluding hydrogens is 216 g/mol. The Bertz CT molecular complexity index is 368. The molecule has 0 amide bonds. The van der Waals surface area contributed by atoms with E-state index in [1.165, 1.54) is 0 Å². The predicted octanol–water partition coefficient (Wildman–Crippen LogP) is 1.41. The molecule has 0 saturated carbocycles. The molecule has 0 aliphatic carbocycles. The quantitative estimate of drug-likeness (QED) is 0.859. The molecule has 1 aromatic heterocycles. The van der Waals surface area contributed by atoms with Gasteiger partial charge >= 0.3 is 0 Å². The lowest BCUT2D eigenvalue weighted by molar-refractivity contribution is 0.234. The van der Waals surface area contributed by atoms with Gasteiger partial charge in [-0.25, -0.2) is 0 Å². The van der Waals surface area contributed by atoms with E-state index in [0.29, 0.717) is 11.9 Å². The second-order valence-corrected chi connectivity index (χ2v) is 5.15. The van der Waals surface area contributed by atoms with Crippen LogP contribution in [0.15, 0.2) is 4.52 Å². The topological polar surface area (TPSA) is 54.2 Å². The van der Waals surface area contributed by atoms with E-state index < -0.39 is 0 Å². The molecule has 5 heteroatoms. The Labute approximate surface area is 103 Å². The van der Waals surface area contributed by atoms with Gasteiger partial charge in [-0.2, -0.15) is 4.98 Å². The minimum Gasteiger partial charge on any atom is -0.342 e. The highest BCUT2D eigenvalue weighted by Gasteiger charge is 2.43. The SMILES string of the molecule is CCN(C)c1noc(C2(C(C)C)CCNC2)n1. The van der Waals surface area contributed by atoms with Gasteiger partial charge in [0.15, 0.2) is 0 Å². The Morgan fingerprint density at radius 3 is 2.82 bits per heavy atom. The summed E-state index contributed by atoms with van der Waals surface area (Å²) < 4.78 is 5.49. The number of hydrogen-bond donors (Lipinski definition) is 1. The number of nitrogens with zero attached hydrogens (tertiary/aromatic N) is 3. The highest BCUT2D eigenvalue weighted by atomic mass is 16.5. The van der Waals surface area contributed by atoms with Crippen molar-refractivity contribution in [1.29, 1.82) is 0 Å². The molecule has 5 nitrogen and oxygen atoms in total. The van der Waals surface area contributed by atoms with Gasteiger partial charge in [0.2, 0.25) is 5.89 Å². The van der Waals surface area contributed by atoms with Gasteiger partial charge in [-0.15, -0.1) is 0 Å². The largest absolute Gasteiger partial charge is 0.342 e. The molecular formula is C12H22N4O. The molecule has 1 saturated heterocycles. The molecule has 0 spiro atoms. The number of rotatable bonds is 4. The third kappa shape index (κ3) is 2.04. The third-order valence-electron chi connectivity index (χ3n) is 3.95. The molecule has 1 aliphatic rings. The summed E-state index contributed by atoms with van der Waals surface area (Å²) in [6.07, 6.45) is 1.07. The van der Waals surface area contributed by atoms with E-state index in [2.05, 4.69) is 36.2 Å². The van der Waals surface area contributed by atoms with Crippen molar-refractivity contribution in [3.05, 3.63) is 5.89 Å². The van der Waals surface area contributed by atoms with Crippen molar-refractivity contribution in [2.45, 2.75) is 32.6 Å². The maximum atomic E-state index is 5.49. The van der Waals surface area contributed by atoms with Crippen molar-refractivity contribution in [3.8, 4) is 0 Å². The standard InChI is InChI=1S/C12H22N4O/c1-5-16(4)11-14-10(17-15-11)12(9(2)3)6-7-13-8-12/h9,13H,5-8H2,1-4H3. The van der Waals surface area contributed by atoms with Crippen molar-refractivity contribution in [1.82, 2.24) is 15.5 Å². The van der Waals surface area contributed by atoms with Crippen LogP contribution in [0.25, 0.3) is 0 Å². The van der Waals surface area contributed by atoms with Crippen molar-refractivity contribution >= 4 is 5.95 Å². The smallest absolute Gasteiger partial charge is 0.265 e. The zero-order chi connectivity index (χ0) is 12.5. The van der Waals surface area contributed by atoms with E-state index in [-0.39, 0.29) is 5.41 Å². The number of anilines is 1. The first-order valence-electron chi connectivity index (χ1n) is 6.36. The van der Waals surface area contributed by atoms with E-state index in [1.54, 1.807) is 0 Å². The third-order valence-corrected chi connectivity index (χ3v) is 3.95. The molecule has 96 valence electrons. The second kappa shape index (κ2) is 4.64. The summed E-state index contributed by atoms with van der Waals surface area (Å²) in [5.74, 6) is 1.97. The molecule has 0 aromatic carbocycles. The fraction of sp³-hybridized carbons (Fsp3) is 0.833. The van der Waals surface area contributed by atoms with E-state index in [0.717, 1.165) is 31.9 Å². The average molecular weight is 238 g/mol. The average Bonchev–Trinajstić information content (AvgIpc) is 2.96. The molecule has 17 heavy (non-hydrogen) atoms. The molecule has 1 aliphatic heterocycles. The monoisotopic (exact) mass is 238 g/mol. The maximum absolute atomic E-state index is 5.49. The Hall–Kier alpha value is -1.10. The fourth-order valence-electron chi connectivity index (χ4n) is 2.35. The van der Waals surface area contributed by atoms with Crippen LogP contribution >= 0.6 is 0 Å². The highest BCUT2D eigenvalue weighted by Crippen LogP contribution is 2.37. The van der Waals surface area contributed by atoms with Crippen molar-refractivity contribution in [2.75, 3.05) is 31.6 Å². The van der Waals surface area contributed by atoms with Crippen LogP contribution in [-0.2, 0) is 5.41 Å². The Morgan fingerprint density at radius 2 is 2.29 bits per heavy atom. The Balaban J connectivity index is 2.28. The van der Waals surface area contributed by atoms with Crippen molar-refractivity contribution in [2.24, 2.45) is 5.92 Å². The summed E-state index contributed by atoms with van der Waals surface area (Å²) in [6, 6.07) is 0. The van der Waals surface area contributed by atoms with Gasteiger partial charge in [-0.3, -0.25) is 0 Å². The molecule has 0 radical (unpaired) electrons. The van der Waals surface area contributed by atoms with Gasteiger partial charge in [-0.05, 0) is 31.0 Å². The summed E-state index contributed by atoms with van der Waals surface area (Å²) >= 11 is 0. The zero-order valence-electron chi connectivity index (χ0n) is 11.2. The zero-order valence-corrected chi connectivity index (χ0v) is 11.2. The summed E-state index contributed by atoms with van der Waals surface area (Å²) in [5, 5.41) is 7.48. The minimum atomic E-state index is 0.0137. The van der Waals surface area contributed by atoms with Crippen LogP contribution < -0.4 is 10.2 Å². The van der Waals surface area contributed by atoms with Gasteiger partial charge in [0.05, 0.1) is 5.41 Å². The lowest BCUT2D eigenvalue weighted by atomic mass is 9.76. The Kier molecular flexibility index (Phi) is 3.38. The molecule has 1 aromatic rings. The molecule has 1 fully saturated rings. The van der Waals surface area contributed by atoms with Crippen LogP contribution in [0, 0.1) is 5.92 Å². The summed E-state index contributed by atoms with van der Waals surface area (Å²) in [5.41, 5.74) is 0.0137. The first kappa shape index (κ1) is 12.4. The molecule has 1 N–H and O–H groups in total. The van der Waals surface area contributed by atoms with E-state index >= 15 is 0 Å². The van der Waals surface area contributed by atoms with Gasteiger partial charge < -0.3 is 14.7 Å². The van der Waals surface area contributed by atoms with E-state index in [4.69, 9.17) is 4.52 Å². The Morgan fingerprint density at radius 1 is 1.53 bits per heavy atom. The second-order valence-electron chi connectivity index (χ2n) is 5.15. The van der Waals surface area contributed by atoms with Crippen LogP contribution in [0.3, 0.4) is 0 Å². The maximum Gasteiger partial charge on any atom is 0.265 e. The summed E-state index contributed by atoms with van der Waals surface area (Å²) in [6.45, 7) is 9.36. The molecule has 0 bridgehead atoms. The summed E-state index contributed by atoms with van der Waals surface area (Å²) in [4.78, 5) is 6.55. The highest BCUT2D eigenvalue weighted by molar-refractivity contribution is 5.27. The van der Waals surface area contributed by atoms with E-state index in [9.17, 15) is 0 Å². The predicted molar refractivity (Wildman–Crippen MR) is 67.2 cm³/mol. The number of aromatic nitrogens is 2. The van der Waals surface area contributed by atoms with Crippen molar-refractivity contribution in [3.63, 3.8) is 0 Å². The van der Waals surface area contributed by atoms with Crippen LogP contribution in [0.2, 0.25) is 0 Å². The van der Waals surface area contributed by atoms with Crippen LogP contribution in [-0.4, -0.2) is 36.8 Å². The first-order chi connectivity index (χ1) is 8.10. The summed E-state index contributed by atoms with van der Waals surface area (Å²) in [7, 11) is 1.98. The fourth-order valence-corrected chi connectivity index (χ4v) is 2.35. The minimum absolute atomic E-state index is 0.0137. The van der Waals surface area contributed by atoms with Crippen LogP contribution in [0.1, 0.15) is 33.1 Å². The van der Waals surface area contributed by atoms with Crippen LogP contribution in [0.4, 0.5) is 5.95 Å². The lowest BCUT2D eigenvalue weighted by Crippen LogP contribution is -2.35. The first-order valence-corrected chi connectivity index (χ1v) is 6.36. The molecule has 2 rings (SSSR count). The lowest BCUT2D eigenvalue weighted by Gasteiger charge is -2.28. The van der Waals surface area contributed by atoms with Gasteiger partial charge in [0.1, 0.15) is 0 Å². The molecule has 1 unspecified atom stereocenters. The number of nitrogens with one attached hydrogen (secondary N) is 1. The van der Waals surface area contributed by atoms with Crippen molar-refractivity contribution < 1.29 is 4.52 Å². The van der Waals surface area contributed by atoms with E-state index in [1.807, 2.05) is 11.9 Å². The van der Waals surface area contributed by atoms with Gasteiger partial charge in [0.25, 0.3) is 5.95 Å². The van der Waals surface area contributed by atoms with Gasteiger partial charge in [0, 0.05) is 20.1 Å². The van der Waals surface area contributed by atoms with Crippen LogP contribution in [0.5, 0.6) is 0 Å². The number of hydrogen-bond acceptors (Lipinski definition) is 5. The van der Waals surface area contributed by atoms with Gasteiger partial charge in [-0.1, -0.05) is 13.8 Å².